The molecule has 42 heavy (non-hydrogen) atoms. The van der Waals surface area contributed by atoms with Crippen LogP contribution >= 0.6 is 0 Å². The van der Waals surface area contributed by atoms with Crippen molar-refractivity contribution in [3.05, 3.63) is 24.3 Å². The highest BCUT2D eigenvalue weighted by Gasteiger charge is 2.12. The Morgan fingerprint density at radius 2 is 0.667 bits per heavy atom. The Morgan fingerprint density at radius 1 is 0.429 bits per heavy atom. The number of hydrogen-bond donors (Lipinski definition) is 4. The first-order valence-electron chi connectivity index (χ1n) is 17.5. The SMILES string of the molecule is CCCCCCCCC=CCCCCCCC(O)C(=O)O.CCCCCCCCC=CCCCCCCC(O)C(=O)O. The summed E-state index contributed by atoms with van der Waals surface area (Å²) in [5.41, 5.74) is 0. The maximum atomic E-state index is 10.4. The van der Waals surface area contributed by atoms with Crippen molar-refractivity contribution in [3.8, 4) is 0 Å². The van der Waals surface area contributed by atoms with Gasteiger partial charge in [0.25, 0.3) is 0 Å². The minimum atomic E-state index is -1.18. The van der Waals surface area contributed by atoms with Crippen LogP contribution < -0.4 is 0 Å². The van der Waals surface area contributed by atoms with E-state index in [1.807, 2.05) is 0 Å². The molecule has 6 nitrogen and oxygen atoms in total. The molecule has 0 aromatic carbocycles. The highest BCUT2D eigenvalue weighted by Crippen LogP contribution is 2.11. The molecule has 248 valence electrons. The first-order chi connectivity index (χ1) is 20.4. The number of carboxylic acids is 2. The molecule has 0 fully saturated rings. The van der Waals surface area contributed by atoms with Crippen molar-refractivity contribution in [2.75, 3.05) is 0 Å². The lowest BCUT2D eigenvalue weighted by molar-refractivity contribution is -0.147. The summed E-state index contributed by atoms with van der Waals surface area (Å²) < 4.78 is 0. The Hall–Kier alpha value is -1.66. The summed E-state index contributed by atoms with van der Waals surface area (Å²) in [7, 11) is 0. The summed E-state index contributed by atoms with van der Waals surface area (Å²) in [6.45, 7) is 4.49. The fraction of sp³-hybridized carbons (Fsp3) is 0.833. The van der Waals surface area contributed by atoms with E-state index in [2.05, 4.69) is 38.2 Å². The van der Waals surface area contributed by atoms with E-state index in [4.69, 9.17) is 20.4 Å². The lowest BCUT2D eigenvalue weighted by atomic mass is 10.1. The van der Waals surface area contributed by atoms with Gasteiger partial charge in [-0.25, -0.2) is 9.59 Å². The number of aliphatic hydroxyl groups is 2. The van der Waals surface area contributed by atoms with Gasteiger partial charge in [-0.3, -0.25) is 0 Å². The molecule has 0 heterocycles. The largest absolute Gasteiger partial charge is 0.479 e. The first kappa shape index (κ1) is 42.5. The number of aliphatic carboxylic acids is 2. The maximum absolute atomic E-state index is 10.4. The fourth-order valence-corrected chi connectivity index (χ4v) is 4.71. The van der Waals surface area contributed by atoms with E-state index < -0.39 is 24.1 Å². The maximum Gasteiger partial charge on any atom is 0.332 e. The molecule has 0 saturated heterocycles. The third-order valence-corrected chi connectivity index (χ3v) is 7.55. The molecule has 0 aliphatic heterocycles. The molecule has 0 aromatic heterocycles. The molecule has 0 rings (SSSR count). The average Bonchev–Trinajstić information content (AvgIpc) is 2.97. The van der Waals surface area contributed by atoms with Crippen LogP contribution in [0.5, 0.6) is 0 Å². The van der Waals surface area contributed by atoms with Crippen molar-refractivity contribution in [1.82, 2.24) is 0 Å². The quantitative estimate of drug-likeness (QED) is 0.0484. The zero-order chi connectivity index (χ0) is 31.5. The van der Waals surface area contributed by atoms with Gasteiger partial charge < -0.3 is 20.4 Å². The second kappa shape index (κ2) is 35.5. The van der Waals surface area contributed by atoms with Crippen LogP contribution in [0.25, 0.3) is 0 Å². The van der Waals surface area contributed by atoms with Crippen LogP contribution in [0.15, 0.2) is 24.3 Å². The highest BCUT2D eigenvalue weighted by atomic mass is 16.4. The lowest BCUT2D eigenvalue weighted by Crippen LogP contribution is -2.18. The zero-order valence-corrected chi connectivity index (χ0v) is 27.5. The van der Waals surface area contributed by atoms with Crippen molar-refractivity contribution in [3.63, 3.8) is 0 Å². The summed E-state index contributed by atoms with van der Waals surface area (Å²) in [5.74, 6) is -2.21. The van der Waals surface area contributed by atoms with Crippen LogP contribution in [0.2, 0.25) is 0 Å². The van der Waals surface area contributed by atoms with Crippen LogP contribution in [0.3, 0.4) is 0 Å². The normalized spacial score (nSPS) is 12.9. The standard InChI is InChI=1S/2C18H34O3/c2*1-2-3-4-5-6-7-8-9-10-11-12-13-14-15-16-17(19)18(20)21/h2*9-10,17,19H,2-8,11-16H2,1H3,(H,20,21). The molecule has 4 N–H and O–H groups in total. The van der Waals surface area contributed by atoms with Crippen molar-refractivity contribution >= 4 is 11.9 Å². The Balaban J connectivity index is 0. The molecule has 0 bridgehead atoms. The number of carboxylic acid groups (broad SMARTS) is 2. The Bertz CT molecular complexity index is 576. The molecular formula is C36H68O6. The number of unbranched alkanes of at least 4 members (excludes halogenated alkanes) is 20. The van der Waals surface area contributed by atoms with Gasteiger partial charge in [-0.05, 0) is 64.2 Å². The molecule has 0 saturated carbocycles. The summed E-state index contributed by atoms with van der Waals surface area (Å²) in [6, 6.07) is 0. The molecule has 0 aliphatic rings. The van der Waals surface area contributed by atoms with E-state index in [0.29, 0.717) is 12.8 Å². The predicted octanol–water partition coefficient (Wildman–Crippen LogP) is 10.2. The van der Waals surface area contributed by atoms with Crippen LogP contribution in [-0.4, -0.2) is 44.6 Å². The summed E-state index contributed by atoms with van der Waals surface area (Å²) in [4.78, 5) is 20.8. The fourth-order valence-electron chi connectivity index (χ4n) is 4.71. The summed E-state index contributed by atoms with van der Waals surface area (Å²) in [6.07, 6.45) is 36.6. The van der Waals surface area contributed by atoms with Crippen LogP contribution in [0, 0.1) is 0 Å². The number of hydrogen-bond acceptors (Lipinski definition) is 4. The molecule has 0 aliphatic carbocycles. The van der Waals surface area contributed by atoms with Gasteiger partial charge in [0.15, 0.2) is 12.2 Å². The summed E-state index contributed by atoms with van der Waals surface area (Å²) in [5, 5.41) is 35.3. The number of aliphatic hydroxyl groups excluding tert-OH is 2. The van der Waals surface area contributed by atoms with Crippen molar-refractivity contribution in [2.24, 2.45) is 0 Å². The number of rotatable bonds is 30. The van der Waals surface area contributed by atoms with Crippen LogP contribution in [-0.2, 0) is 9.59 Å². The van der Waals surface area contributed by atoms with Crippen molar-refractivity contribution in [1.29, 1.82) is 0 Å². The van der Waals surface area contributed by atoms with Gasteiger partial charge in [-0.2, -0.15) is 0 Å². The highest BCUT2D eigenvalue weighted by molar-refractivity contribution is 5.72. The topological polar surface area (TPSA) is 115 Å². The zero-order valence-electron chi connectivity index (χ0n) is 27.5. The van der Waals surface area contributed by atoms with E-state index in [1.54, 1.807) is 0 Å². The van der Waals surface area contributed by atoms with Gasteiger partial charge >= 0.3 is 11.9 Å². The van der Waals surface area contributed by atoms with E-state index >= 15 is 0 Å². The molecule has 0 radical (unpaired) electrons. The Morgan fingerprint density at radius 3 is 0.929 bits per heavy atom. The van der Waals surface area contributed by atoms with Gasteiger partial charge in [-0.1, -0.05) is 141 Å². The van der Waals surface area contributed by atoms with E-state index in [-0.39, 0.29) is 0 Å². The van der Waals surface area contributed by atoms with E-state index in [9.17, 15) is 9.59 Å². The smallest absolute Gasteiger partial charge is 0.332 e. The Labute approximate surface area is 259 Å². The van der Waals surface area contributed by atoms with Crippen LogP contribution in [0.1, 0.15) is 181 Å². The second-order valence-corrected chi connectivity index (χ2v) is 11.7. The molecule has 2 unspecified atom stereocenters. The third-order valence-electron chi connectivity index (χ3n) is 7.55. The third kappa shape index (κ3) is 36.4. The molecular weight excluding hydrogens is 528 g/mol. The average molecular weight is 597 g/mol. The molecule has 0 amide bonds. The lowest BCUT2D eigenvalue weighted by Gasteiger charge is -2.04. The minimum absolute atomic E-state index is 0.378. The monoisotopic (exact) mass is 597 g/mol. The van der Waals surface area contributed by atoms with Gasteiger partial charge in [0.2, 0.25) is 0 Å². The molecule has 0 spiro atoms. The van der Waals surface area contributed by atoms with Gasteiger partial charge in [-0.15, -0.1) is 0 Å². The summed E-state index contributed by atoms with van der Waals surface area (Å²) >= 11 is 0. The number of carbonyl (C=O) groups is 2. The minimum Gasteiger partial charge on any atom is -0.479 e. The van der Waals surface area contributed by atoms with Crippen molar-refractivity contribution < 1.29 is 30.0 Å². The van der Waals surface area contributed by atoms with Crippen LogP contribution in [0.4, 0.5) is 0 Å². The molecule has 6 heteroatoms. The van der Waals surface area contributed by atoms with Crippen molar-refractivity contribution in [2.45, 2.75) is 193 Å². The second-order valence-electron chi connectivity index (χ2n) is 11.7. The Kier molecular flexibility index (Phi) is 35.9. The molecule has 0 aromatic rings. The van der Waals surface area contributed by atoms with E-state index in [1.165, 1.54) is 89.9 Å². The molecule has 2 atom stereocenters. The number of allylic oxidation sites excluding steroid dienone is 4. The first-order valence-corrected chi connectivity index (χ1v) is 17.5. The van der Waals surface area contributed by atoms with E-state index in [0.717, 1.165) is 64.2 Å². The van der Waals surface area contributed by atoms with Gasteiger partial charge in [0.05, 0.1) is 0 Å². The van der Waals surface area contributed by atoms with Gasteiger partial charge in [0, 0.05) is 0 Å². The van der Waals surface area contributed by atoms with Gasteiger partial charge in [0.1, 0.15) is 0 Å². The predicted molar refractivity (Wildman–Crippen MR) is 177 cm³/mol.